The number of aliphatic hydroxyl groups is 2. The van der Waals surface area contributed by atoms with Crippen molar-refractivity contribution in [3.63, 3.8) is 0 Å². The van der Waals surface area contributed by atoms with E-state index in [0.29, 0.717) is 241 Å². The molecule has 8 heterocycles. The number of nitrogen functional groups attached to an aromatic ring is 2. The molecule has 688 valence electrons. The number of amides is 3. The van der Waals surface area contributed by atoms with Crippen LogP contribution in [0.1, 0.15) is 155 Å². The van der Waals surface area contributed by atoms with Crippen LogP contribution in [0.25, 0.3) is 33.4 Å². The predicted molar refractivity (Wildman–Crippen MR) is 468 cm³/mol. The summed E-state index contributed by atoms with van der Waals surface area (Å²) in [6.45, 7) is 23.1. The third kappa shape index (κ3) is 27.1. The van der Waals surface area contributed by atoms with Gasteiger partial charge in [-0.3, -0.25) is 24.1 Å². The number of hydrogen-bond donors (Lipinski definition) is 4. The van der Waals surface area contributed by atoms with Crippen molar-refractivity contribution in [3.05, 3.63) is 107 Å². The van der Waals surface area contributed by atoms with Crippen molar-refractivity contribution in [2.45, 2.75) is 212 Å². The SMILES string of the molecule is CO[C@H]1C[C@@H]2CC[C@@H](C)[C@@](O)(O2)C(=O)C(=O)N2CCCC[C@H]2C(=O)O[C@H]([C@H](C)C[C@@H]2CC[C@@H](OC(=O)N3CCN(CCOCCOCCOCCOCCOCCOCCC(=O)N4CCc5cc(Cn6nc(-c7ccc8oc(N)nc8c7)c7c(N)ncnc76)ccc5C4)CC3)[C@H](OC)C2)CC[C@H](C)/C=C(\C)[C@@H](O)[C@@H](OC)C(=O)[C@H](C)C[C@H](C)/C=C/C=C/C=C/1C. The zero-order valence-electron chi connectivity index (χ0n) is 74.9. The number of aliphatic hydroxyl groups excluding tert-OH is 1. The van der Waals surface area contributed by atoms with Crippen LogP contribution in [0, 0.1) is 35.5 Å². The van der Waals surface area contributed by atoms with E-state index < -0.39 is 77.9 Å². The van der Waals surface area contributed by atoms with E-state index in [1.807, 2.05) is 85.9 Å². The second-order valence-electron chi connectivity index (χ2n) is 34.7. The second-order valence-corrected chi connectivity index (χ2v) is 34.7. The molecule has 6 N–H and O–H groups in total. The Morgan fingerprint density at radius 2 is 1.40 bits per heavy atom. The Morgan fingerprint density at radius 1 is 0.688 bits per heavy atom. The molecule has 4 fully saturated rings. The molecule has 5 aliphatic heterocycles. The molecule has 125 heavy (non-hydrogen) atoms. The lowest BCUT2D eigenvalue weighted by Gasteiger charge is -2.42. The number of rotatable bonds is 31. The molecule has 1 aliphatic carbocycles. The number of nitrogens with zero attached hydrogens (tertiary/aromatic N) is 9. The summed E-state index contributed by atoms with van der Waals surface area (Å²) in [6.07, 6.45) is 15.6. The first-order chi connectivity index (χ1) is 60.3. The lowest BCUT2D eigenvalue weighted by Crippen LogP contribution is -2.61. The van der Waals surface area contributed by atoms with Crippen molar-refractivity contribution in [1.82, 2.24) is 44.3 Å². The maximum absolute atomic E-state index is 14.8. The molecule has 0 spiro atoms. The van der Waals surface area contributed by atoms with E-state index in [9.17, 15) is 39.0 Å². The number of hydrogen-bond acceptors (Lipinski definition) is 28. The largest absolute Gasteiger partial charge is 0.461 e. The van der Waals surface area contributed by atoms with Gasteiger partial charge in [0.1, 0.15) is 53.8 Å². The van der Waals surface area contributed by atoms with E-state index in [2.05, 4.69) is 45.0 Å². The van der Waals surface area contributed by atoms with Crippen molar-refractivity contribution in [2.24, 2.45) is 35.5 Å². The standard InChI is InChI=1S/C93H135N11O21/c1-60-16-12-11-13-17-62(3)78(113-8)56-72-25-20-66(7)93(112,125-72)86(108)89(109)103-31-15-14-18-74(103)90(110)122-75(26-19-61(2)51-65(6)84(107)85(115-10)83(106)64(5)50-60)63(4)52-67-22-27-77(79(54-67)114-9)124-92(111)101-35-33-100(34-36-101)37-39-117-41-43-119-45-47-121-49-48-120-46-44-118-42-40-116-38-30-80(105)102-32-29-69-53-68(21-23-71(69)58-102)57-104-88-81(87(94)96-59-97-88)82(99-104)70-24-28-76-73(55-70)98-91(95)123-76/h11-13,16-17,21,23-24,28,51,53,55,59-61,63-64,66-67,72,74-75,77-79,84-85,107,112H,14-15,18-20,22,25-27,29-50,52,54,56-58H2,1-10H3,(H2,95,98)(H2,94,96,97)/b13-11+,16-12+,62-17+,65-51+/t60-,61+,63-,64-,66-,67+,72+,74+,75+,77-,78+,79-,84-,85+,93-/m1/s1. The Bertz CT molecular complexity index is 4470. The van der Waals surface area contributed by atoms with Gasteiger partial charge in [0, 0.05) is 97.5 Å². The number of ether oxygens (including phenoxy) is 12. The van der Waals surface area contributed by atoms with Gasteiger partial charge >= 0.3 is 12.1 Å². The van der Waals surface area contributed by atoms with Crippen LogP contribution < -0.4 is 11.5 Å². The minimum atomic E-state index is -2.43. The van der Waals surface area contributed by atoms with Crippen molar-refractivity contribution < 1.29 is 100 Å². The summed E-state index contributed by atoms with van der Waals surface area (Å²) in [4.78, 5) is 105. The zero-order valence-corrected chi connectivity index (χ0v) is 74.9. The number of anilines is 2. The van der Waals surface area contributed by atoms with Crippen LogP contribution in [0.5, 0.6) is 0 Å². The van der Waals surface area contributed by atoms with Crippen molar-refractivity contribution in [3.8, 4) is 11.3 Å². The maximum Gasteiger partial charge on any atom is 0.410 e. The Kier molecular flexibility index (Phi) is 37.4. The van der Waals surface area contributed by atoms with E-state index in [4.69, 9.17) is 77.8 Å². The number of nitrogens with two attached hydrogens (primary N) is 2. The molecule has 3 aromatic heterocycles. The number of carbonyl (C=O) groups excluding carboxylic acids is 6. The topological polar surface area (TPSA) is 388 Å². The summed E-state index contributed by atoms with van der Waals surface area (Å²) in [5.74, 6) is -6.29. The normalized spacial score (nSPS) is 28.2. The van der Waals surface area contributed by atoms with Gasteiger partial charge in [-0.25, -0.2) is 24.2 Å². The smallest absolute Gasteiger partial charge is 0.410 e. The molecule has 0 radical (unpaired) electrons. The van der Waals surface area contributed by atoms with Gasteiger partial charge in [0.2, 0.25) is 11.7 Å². The van der Waals surface area contributed by atoms with E-state index >= 15 is 0 Å². The minimum Gasteiger partial charge on any atom is -0.461 e. The zero-order chi connectivity index (χ0) is 89.1. The van der Waals surface area contributed by atoms with Crippen molar-refractivity contribution in [1.29, 1.82) is 0 Å². The van der Waals surface area contributed by atoms with Crippen LogP contribution in [0.15, 0.2) is 94.7 Å². The highest BCUT2D eigenvalue weighted by Crippen LogP contribution is 2.40. The number of methoxy groups -OCH3 is 3. The molecular formula is C93H135N11O21. The lowest BCUT2D eigenvalue weighted by molar-refractivity contribution is -0.265. The first-order valence-electron chi connectivity index (χ1n) is 45.0. The number of benzene rings is 2. The van der Waals surface area contributed by atoms with Crippen molar-refractivity contribution >= 4 is 69.4 Å². The first kappa shape index (κ1) is 97.1. The third-order valence-electron chi connectivity index (χ3n) is 25.4. The number of ketones is 2. The van der Waals surface area contributed by atoms with Gasteiger partial charge in [0.25, 0.3) is 17.7 Å². The average molecular weight is 1740 g/mol. The summed E-state index contributed by atoms with van der Waals surface area (Å²) < 4.78 is 78.4. The minimum absolute atomic E-state index is 0.0324. The molecule has 2 aromatic carbocycles. The van der Waals surface area contributed by atoms with Gasteiger partial charge in [-0.15, -0.1) is 0 Å². The number of carbonyl (C=O) groups is 6. The fourth-order valence-corrected chi connectivity index (χ4v) is 18.0. The Morgan fingerprint density at radius 3 is 2.10 bits per heavy atom. The molecule has 11 rings (SSSR count). The highest BCUT2D eigenvalue weighted by Gasteiger charge is 2.53. The summed E-state index contributed by atoms with van der Waals surface area (Å²) >= 11 is 0. The molecule has 6 aliphatic rings. The fraction of sp³-hybridized carbons (Fsp3) is 0.656. The van der Waals surface area contributed by atoms with Crippen LogP contribution in [-0.4, -0.2) is 291 Å². The first-order valence-corrected chi connectivity index (χ1v) is 45.0. The van der Waals surface area contributed by atoms with Gasteiger partial charge in [-0.1, -0.05) is 89.3 Å². The summed E-state index contributed by atoms with van der Waals surface area (Å²) in [5, 5.41) is 29.5. The van der Waals surface area contributed by atoms with E-state index in [1.165, 1.54) is 23.9 Å². The van der Waals surface area contributed by atoms with Crippen LogP contribution in [0.4, 0.5) is 16.6 Å². The molecule has 1 saturated carbocycles. The van der Waals surface area contributed by atoms with Gasteiger partial charge in [0.15, 0.2) is 17.0 Å². The number of oxazole rings is 1. The monoisotopic (exact) mass is 1740 g/mol. The maximum atomic E-state index is 14.8. The van der Waals surface area contributed by atoms with Crippen LogP contribution in [0.2, 0.25) is 0 Å². The number of cyclic esters (lactones) is 1. The second kappa shape index (κ2) is 48.1. The van der Waals surface area contributed by atoms with Crippen LogP contribution >= 0.6 is 0 Å². The number of allylic oxidation sites excluding steroid dienone is 6. The number of Topliss-reactive ketones (excluding diaryl/α,β-unsaturated/α-hetero) is 2. The molecule has 32 heteroatoms. The van der Waals surface area contributed by atoms with E-state index in [-0.39, 0.29) is 73.0 Å². The molecule has 5 aromatic rings. The fourth-order valence-electron chi connectivity index (χ4n) is 18.0. The average Bonchev–Trinajstić information content (AvgIpc) is 1.62. The molecule has 3 saturated heterocycles. The van der Waals surface area contributed by atoms with Gasteiger partial charge < -0.3 is 97.6 Å². The number of aromatic nitrogens is 5. The molecule has 3 amide bonds. The van der Waals surface area contributed by atoms with Crippen molar-refractivity contribution in [2.75, 3.05) is 158 Å². The van der Waals surface area contributed by atoms with E-state index in [1.54, 1.807) is 39.0 Å². The molecule has 32 nitrogen and oxygen atoms in total. The summed E-state index contributed by atoms with van der Waals surface area (Å²) in [7, 11) is 4.66. The number of piperidine rings is 1. The number of esters is 1. The van der Waals surface area contributed by atoms with Gasteiger partial charge in [-0.05, 0) is 167 Å². The highest BCUT2D eigenvalue weighted by molar-refractivity contribution is 6.39. The van der Waals surface area contributed by atoms with Crippen LogP contribution in [-0.2, 0) is 100 Å². The lowest BCUT2D eigenvalue weighted by atomic mass is 9.78. The Labute approximate surface area is 734 Å². The summed E-state index contributed by atoms with van der Waals surface area (Å²) in [5.41, 5.74) is 20.2. The van der Waals surface area contributed by atoms with Gasteiger partial charge in [-0.2, -0.15) is 10.1 Å². The van der Waals surface area contributed by atoms with Crippen LogP contribution in [0.3, 0.4) is 0 Å². The highest BCUT2D eigenvalue weighted by atomic mass is 16.6. The van der Waals surface area contributed by atoms with E-state index in [0.717, 1.165) is 35.1 Å². The Hall–Kier alpha value is -8.48. The predicted octanol–water partition coefficient (Wildman–Crippen LogP) is 10.00. The molecular weight excluding hydrogens is 1610 g/mol. The Balaban J connectivity index is 0.538. The molecule has 15 atom stereocenters. The quantitative estimate of drug-likeness (QED) is 0.0139. The number of fused-ring (bicyclic) bond motifs is 6. The molecule has 0 unspecified atom stereocenters. The third-order valence-corrected chi connectivity index (χ3v) is 25.4. The molecule has 2 bridgehead atoms. The summed E-state index contributed by atoms with van der Waals surface area (Å²) in [6, 6.07) is 10.9. The number of piperazine rings is 1. The van der Waals surface area contributed by atoms with Gasteiger partial charge in [0.05, 0.1) is 116 Å².